The lowest BCUT2D eigenvalue weighted by atomic mass is 10.1. The van der Waals surface area contributed by atoms with Gasteiger partial charge in [0.05, 0.1) is 24.1 Å². The summed E-state index contributed by atoms with van der Waals surface area (Å²) in [6.45, 7) is 2.29. The Bertz CT molecular complexity index is 1320. The molecule has 4 rings (SSSR count). The average molecular weight is 496 g/mol. The molecule has 0 aliphatic carbocycles. The molecule has 3 aromatic heterocycles. The number of rotatable bonds is 10. The van der Waals surface area contributed by atoms with Crippen molar-refractivity contribution in [3.05, 3.63) is 87.0 Å². The molecule has 9 nitrogen and oxygen atoms in total. The fourth-order valence-electron chi connectivity index (χ4n) is 3.83. The van der Waals surface area contributed by atoms with Gasteiger partial charge in [0.15, 0.2) is 5.56 Å². The first-order valence-electron chi connectivity index (χ1n) is 11.3. The van der Waals surface area contributed by atoms with E-state index in [4.69, 9.17) is 20.8 Å². The van der Waals surface area contributed by atoms with Crippen LogP contribution in [-0.2, 0) is 17.6 Å². The molecule has 0 saturated heterocycles. The maximum atomic E-state index is 13.8. The van der Waals surface area contributed by atoms with Crippen molar-refractivity contribution in [1.82, 2.24) is 24.7 Å². The van der Waals surface area contributed by atoms with Crippen molar-refractivity contribution in [3.8, 4) is 17.3 Å². The monoisotopic (exact) mass is 495 g/mol. The third-order valence-electron chi connectivity index (χ3n) is 5.55. The van der Waals surface area contributed by atoms with Crippen LogP contribution in [0.25, 0.3) is 11.5 Å². The number of pyridine rings is 1. The van der Waals surface area contributed by atoms with Crippen LogP contribution < -0.4 is 5.56 Å². The maximum absolute atomic E-state index is 13.8. The summed E-state index contributed by atoms with van der Waals surface area (Å²) in [6.07, 6.45) is 4.00. The van der Waals surface area contributed by atoms with Crippen LogP contribution in [0.4, 0.5) is 0 Å². The van der Waals surface area contributed by atoms with Crippen LogP contribution in [0.3, 0.4) is 0 Å². The van der Waals surface area contributed by atoms with Gasteiger partial charge in [0, 0.05) is 25.4 Å². The molecule has 0 aliphatic heterocycles. The van der Waals surface area contributed by atoms with Crippen LogP contribution >= 0.6 is 11.6 Å². The van der Waals surface area contributed by atoms with E-state index < -0.39 is 17.5 Å². The molecule has 3 heterocycles. The van der Waals surface area contributed by atoms with Crippen LogP contribution in [-0.4, -0.2) is 43.6 Å². The molecule has 0 bridgehead atoms. The summed E-state index contributed by atoms with van der Waals surface area (Å²) < 4.78 is 12.8. The molecule has 0 fully saturated rings. The number of aryl methyl sites for hydroxylation is 1. The van der Waals surface area contributed by atoms with Gasteiger partial charge in [-0.15, -0.1) is 10.2 Å². The van der Waals surface area contributed by atoms with E-state index in [0.717, 1.165) is 18.4 Å². The number of hydrogen-bond acceptors (Lipinski definition) is 8. The Labute approximate surface area is 207 Å². The molecule has 182 valence electrons. The van der Waals surface area contributed by atoms with Crippen molar-refractivity contribution >= 4 is 11.6 Å². The highest BCUT2D eigenvalue weighted by Gasteiger charge is 2.27. The molecule has 4 aromatic rings. The van der Waals surface area contributed by atoms with E-state index in [2.05, 4.69) is 27.1 Å². The van der Waals surface area contributed by atoms with Crippen molar-refractivity contribution in [2.75, 3.05) is 13.7 Å². The molecule has 1 atom stereocenters. The van der Waals surface area contributed by atoms with E-state index >= 15 is 0 Å². The summed E-state index contributed by atoms with van der Waals surface area (Å²) in [6, 6.07) is 12.6. The van der Waals surface area contributed by atoms with Gasteiger partial charge in [-0.05, 0) is 24.1 Å². The first-order chi connectivity index (χ1) is 17.0. The number of unbranched alkanes of at least 4 members (excludes halogenated alkanes) is 1. The fraction of sp³-hybridized carbons (Fsp3) is 0.320. The first-order valence-corrected chi connectivity index (χ1v) is 11.7. The SMILES string of the molecule is CCCCc1nc(O)c(-c2nnc(Cc3ccc(Cl)cn3)o2)c(=O)n1[C@H](COC)c1ccccc1. The molecule has 0 aliphatic rings. The Balaban J connectivity index is 1.79. The number of methoxy groups -OCH3 is 1. The smallest absolute Gasteiger partial charge is 0.270 e. The molecule has 0 spiro atoms. The van der Waals surface area contributed by atoms with E-state index in [1.165, 1.54) is 6.20 Å². The topological polar surface area (TPSA) is 116 Å². The second-order valence-corrected chi connectivity index (χ2v) is 8.47. The molecule has 10 heteroatoms. The Morgan fingerprint density at radius 3 is 2.66 bits per heavy atom. The van der Waals surface area contributed by atoms with Crippen molar-refractivity contribution < 1.29 is 14.3 Å². The second-order valence-electron chi connectivity index (χ2n) is 8.03. The lowest BCUT2D eigenvalue weighted by molar-refractivity contribution is 0.166. The molecule has 0 radical (unpaired) electrons. The summed E-state index contributed by atoms with van der Waals surface area (Å²) in [5, 5.41) is 19.3. The molecule has 1 aromatic carbocycles. The predicted octanol–water partition coefficient (Wildman–Crippen LogP) is 4.22. The molecule has 0 unspecified atom stereocenters. The lowest BCUT2D eigenvalue weighted by Crippen LogP contribution is -2.33. The zero-order chi connectivity index (χ0) is 24.8. The summed E-state index contributed by atoms with van der Waals surface area (Å²) in [7, 11) is 1.58. The van der Waals surface area contributed by atoms with Crippen LogP contribution in [0, 0.1) is 0 Å². The van der Waals surface area contributed by atoms with Crippen LogP contribution in [0.15, 0.2) is 57.9 Å². The highest BCUT2D eigenvalue weighted by atomic mass is 35.5. The van der Waals surface area contributed by atoms with Gasteiger partial charge in [-0.1, -0.05) is 55.3 Å². The van der Waals surface area contributed by atoms with Crippen molar-refractivity contribution in [3.63, 3.8) is 0 Å². The third-order valence-corrected chi connectivity index (χ3v) is 5.77. The maximum Gasteiger partial charge on any atom is 0.270 e. The molecular weight excluding hydrogens is 470 g/mol. The minimum absolute atomic E-state index is 0.107. The van der Waals surface area contributed by atoms with E-state index in [0.29, 0.717) is 23.0 Å². The largest absolute Gasteiger partial charge is 0.493 e. The first kappa shape index (κ1) is 24.6. The Morgan fingerprint density at radius 2 is 1.97 bits per heavy atom. The molecule has 0 saturated carbocycles. The highest BCUT2D eigenvalue weighted by Crippen LogP contribution is 2.27. The van der Waals surface area contributed by atoms with E-state index in [1.54, 1.807) is 23.8 Å². The number of aromatic hydroxyl groups is 1. The summed E-state index contributed by atoms with van der Waals surface area (Å²) >= 11 is 5.89. The lowest BCUT2D eigenvalue weighted by Gasteiger charge is -2.23. The van der Waals surface area contributed by atoms with Gasteiger partial charge in [-0.2, -0.15) is 4.98 Å². The Morgan fingerprint density at radius 1 is 1.17 bits per heavy atom. The zero-order valence-corrected chi connectivity index (χ0v) is 20.3. The van der Waals surface area contributed by atoms with Crippen LogP contribution in [0.2, 0.25) is 5.02 Å². The summed E-state index contributed by atoms with van der Waals surface area (Å²) in [4.78, 5) is 22.4. The number of nitrogens with zero attached hydrogens (tertiary/aromatic N) is 5. The van der Waals surface area contributed by atoms with E-state index in [-0.39, 0.29) is 30.4 Å². The van der Waals surface area contributed by atoms with Crippen LogP contribution in [0.5, 0.6) is 5.88 Å². The molecule has 35 heavy (non-hydrogen) atoms. The minimum Gasteiger partial charge on any atom is -0.493 e. The number of benzene rings is 1. The predicted molar refractivity (Wildman–Crippen MR) is 131 cm³/mol. The number of hydrogen-bond donors (Lipinski definition) is 1. The van der Waals surface area contributed by atoms with Gasteiger partial charge >= 0.3 is 0 Å². The molecular formula is C25H26ClN5O4. The Hall–Kier alpha value is -3.56. The summed E-state index contributed by atoms with van der Waals surface area (Å²) in [5.41, 5.74) is 0.926. The van der Waals surface area contributed by atoms with Crippen molar-refractivity contribution in [1.29, 1.82) is 0 Å². The number of ether oxygens (including phenoxy) is 1. The zero-order valence-electron chi connectivity index (χ0n) is 19.5. The minimum atomic E-state index is -0.477. The van der Waals surface area contributed by atoms with Crippen molar-refractivity contribution in [2.24, 2.45) is 0 Å². The summed E-state index contributed by atoms with van der Waals surface area (Å²) in [5.74, 6) is 0.159. The van der Waals surface area contributed by atoms with Gasteiger partial charge in [0.25, 0.3) is 11.4 Å². The van der Waals surface area contributed by atoms with Gasteiger partial charge in [-0.3, -0.25) is 14.3 Å². The van der Waals surface area contributed by atoms with E-state index in [1.807, 2.05) is 30.3 Å². The average Bonchev–Trinajstić information content (AvgIpc) is 3.31. The number of aromatic nitrogens is 5. The van der Waals surface area contributed by atoms with Gasteiger partial charge in [0.2, 0.25) is 11.8 Å². The molecule has 1 N–H and O–H groups in total. The van der Waals surface area contributed by atoms with Crippen LogP contribution in [0.1, 0.15) is 48.8 Å². The quantitative estimate of drug-likeness (QED) is 0.347. The fourth-order valence-corrected chi connectivity index (χ4v) is 3.94. The molecule has 0 amide bonds. The third kappa shape index (κ3) is 5.58. The van der Waals surface area contributed by atoms with Gasteiger partial charge < -0.3 is 14.3 Å². The second kappa shape index (κ2) is 11.2. The normalized spacial score (nSPS) is 12.1. The Kier molecular flexibility index (Phi) is 7.89. The standard InChI is InChI=1S/C25H26ClN5O4/c1-3-4-10-20-28-23(32)22(24-30-29-21(35-24)13-18-12-11-17(26)14-27-18)25(33)31(20)19(15-34-2)16-8-6-5-7-9-16/h5-9,11-12,14,19,32H,3-4,10,13,15H2,1-2H3/t19-/m1/s1. The van der Waals surface area contributed by atoms with Gasteiger partial charge in [-0.25, -0.2) is 0 Å². The number of halogens is 1. The van der Waals surface area contributed by atoms with E-state index in [9.17, 15) is 9.90 Å². The van der Waals surface area contributed by atoms with Gasteiger partial charge in [0.1, 0.15) is 5.82 Å². The highest BCUT2D eigenvalue weighted by molar-refractivity contribution is 6.30. The van der Waals surface area contributed by atoms with Crippen molar-refractivity contribution in [2.45, 2.75) is 38.6 Å².